The van der Waals surface area contributed by atoms with Gasteiger partial charge >= 0.3 is 0 Å². The van der Waals surface area contributed by atoms with Crippen LogP contribution in [0.1, 0.15) is 41.3 Å². The number of hydrogen-bond acceptors (Lipinski definition) is 6. The molecule has 35 heavy (non-hydrogen) atoms. The molecule has 1 N–H and O–H groups in total. The lowest BCUT2D eigenvalue weighted by atomic mass is 10.00. The summed E-state index contributed by atoms with van der Waals surface area (Å²) in [4.78, 5) is 19.7. The number of carbonyl (C=O) groups is 1. The summed E-state index contributed by atoms with van der Waals surface area (Å²) in [5.41, 5.74) is 3.25. The first-order valence-corrected chi connectivity index (χ1v) is 12.9. The molecule has 3 aliphatic rings. The standard InChI is InChI=1S/C28H37N3O4/c1-20-16-31(19-23(32)18-30-14-9-21-5-3-4-6-22(21)17-30)28(33)26-8-7-25(15-27(26)34-20)35-24-10-12-29(2)13-11-24/h3-8,15,20,23-24,32H,9-14,16-19H2,1-2H3/t20-,23?/m0/s1. The van der Waals surface area contributed by atoms with Gasteiger partial charge in [0.05, 0.1) is 18.2 Å². The Morgan fingerprint density at radius 1 is 1.09 bits per heavy atom. The second kappa shape index (κ2) is 10.6. The van der Waals surface area contributed by atoms with E-state index in [1.807, 2.05) is 19.1 Å². The van der Waals surface area contributed by atoms with E-state index in [4.69, 9.17) is 9.47 Å². The first-order chi connectivity index (χ1) is 16.9. The zero-order valence-corrected chi connectivity index (χ0v) is 20.9. The van der Waals surface area contributed by atoms with Crippen molar-refractivity contribution >= 4 is 5.91 Å². The van der Waals surface area contributed by atoms with E-state index in [1.165, 1.54) is 11.1 Å². The molecule has 0 aliphatic carbocycles. The lowest BCUT2D eigenvalue weighted by Gasteiger charge is -2.32. The van der Waals surface area contributed by atoms with E-state index in [1.54, 1.807) is 11.0 Å². The van der Waals surface area contributed by atoms with Crippen LogP contribution in [0.15, 0.2) is 42.5 Å². The summed E-state index contributed by atoms with van der Waals surface area (Å²) in [5.74, 6) is 1.22. The van der Waals surface area contributed by atoms with Gasteiger partial charge in [-0.25, -0.2) is 0 Å². The van der Waals surface area contributed by atoms with Gasteiger partial charge in [-0.05, 0) is 56.5 Å². The molecule has 3 aliphatic heterocycles. The molecule has 0 aromatic heterocycles. The Morgan fingerprint density at radius 2 is 1.86 bits per heavy atom. The molecule has 1 fully saturated rings. The minimum absolute atomic E-state index is 0.0989. The Labute approximate surface area is 208 Å². The van der Waals surface area contributed by atoms with Crippen LogP contribution in [0.3, 0.4) is 0 Å². The smallest absolute Gasteiger partial charge is 0.257 e. The maximum absolute atomic E-state index is 13.4. The molecule has 0 bridgehead atoms. The average Bonchev–Trinajstić information content (AvgIpc) is 2.95. The Balaban J connectivity index is 1.21. The van der Waals surface area contributed by atoms with E-state index in [9.17, 15) is 9.90 Å². The number of amides is 1. The number of ether oxygens (including phenoxy) is 2. The highest BCUT2D eigenvalue weighted by Gasteiger charge is 2.30. The van der Waals surface area contributed by atoms with E-state index >= 15 is 0 Å². The second-order valence-corrected chi connectivity index (χ2v) is 10.3. The number of fused-ring (bicyclic) bond motifs is 2. The summed E-state index contributed by atoms with van der Waals surface area (Å²) >= 11 is 0. The van der Waals surface area contributed by atoms with Crippen molar-refractivity contribution in [2.75, 3.05) is 46.3 Å². The fourth-order valence-electron chi connectivity index (χ4n) is 5.44. The van der Waals surface area contributed by atoms with Gasteiger partial charge in [0, 0.05) is 45.3 Å². The first-order valence-electron chi connectivity index (χ1n) is 12.9. The summed E-state index contributed by atoms with van der Waals surface area (Å²) in [6.45, 7) is 7.06. The molecule has 1 saturated heterocycles. The summed E-state index contributed by atoms with van der Waals surface area (Å²) in [7, 11) is 2.13. The fraction of sp³-hybridized carbons (Fsp3) is 0.536. The third-order valence-corrected chi connectivity index (χ3v) is 7.35. The number of carbonyl (C=O) groups excluding carboxylic acids is 1. The maximum atomic E-state index is 13.4. The third kappa shape index (κ3) is 5.80. The lowest BCUT2D eigenvalue weighted by Crippen LogP contribution is -2.45. The molecule has 3 heterocycles. The Morgan fingerprint density at radius 3 is 2.66 bits per heavy atom. The zero-order chi connectivity index (χ0) is 24.4. The Bertz CT molecular complexity index is 1040. The van der Waals surface area contributed by atoms with Crippen molar-refractivity contribution in [3.63, 3.8) is 0 Å². The molecular formula is C28H37N3O4. The van der Waals surface area contributed by atoms with Gasteiger partial charge in [-0.3, -0.25) is 9.69 Å². The molecule has 2 aromatic carbocycles. The van der Waals surface area contributed by atoms with Crippen LogP contribution in [-0.4, -0.2) is 90.3 Å². The van der Waals surface area contributed by atoms with Gasteiger partial charge in [0.25, 0.3) is 5.91 Å². The van der Waals surface area contributed by atoms with Gasteiger partial charge in [0.2, 0.25) is 0 Å². The van der Waals surface area contributed by atoms with Gasteiger partial charge in [0.1, 0.15) is 23.7 Å². The predicted molar refractivity (Wildman–Crippen MR) is 135 cm³/mol. The maximum Gasteiger partial charge on any atom is 0.257 e. The molecule has 7 nitrogen and oxygen atoms in total. The van der Waals surface area contributed by atoms with Gasteiger partial charge in [-0.1, -0.05) is 24.3 Å². The number of benzene rings is 2. The minimum atomic E-state index is -0.620. The Hall–Kier alpha value is -2.61. The van der Waals surface area contributed by atoms with Crippen LogP contribution in [0.25, 0.3) is 0 Å². The van der Waals surface area contributed by atoms with Crippen LogP contribution in [0.4, 0.5) is 0 Å². The number of β-amino-alcohol motifs (C(OH)–C–C–N with tert-alkyl or cyclic N) is 1. The van der Waals surface area contributed by atoms with E-state index in [0.717, 1.165) is 51.2 Å². The van der Waals surface area contributed by atoms with Crippen molar-refractivity contribution in [1.29, 1.82) is 0 Å². The minimum Gasteiger partial charge on any atom is -0.490 e. The van der Waals surface area contributed by atoms with Gasteiger partial charge in [-0.2, -0.15) is 0 Å². The van der Waals surface area contributed by atoms with Crippen molar-refractivity contribution in [3.8, 4) is 11.5 Å². The van der Waals surface area contributed by atoms with Crippen LogP contribution in [0, 0.1) is 0 Å². The number of aliphatic hydroxyl groups excluding tert-OH is 1. The van der Waals surface area contributed by atoms with Crippen molar-refractivity contribution in [2.45, 2.75) is 51.0 Å². The highest BCUT2D eigenvalue weighted by molar-refractivity contribution is 5.97. The number of nitrogens with zero attached hydrogens (tertiary/aromatic N) is 3. The molecule has 7 heteroatoms. The number of piperidine rings is 1. The van der Waals surface area contributed by atoms with Crippen LogP contribution in [0.5, 0.6) is 11.5 Å². The Kier molecular flexibility index (Phi) is 7.27. The third-order valence-electron chi connectivity index (χ3n) is 7.35. The van der Waals surface area contributed by atoms with Crippen molar-refractivity contribution < 1.29 is 19.4 Å². The number of rotatable bonds is 6. The van der Waals surface area contributed by atoms with Crippen LogP contribution >= 0.6 is 0 Å². The van der Waals surface area contributed by atoms with Crippen LogP contribution in [-0.2, 0) is 13.0 Å². The molecule has 1 unspecified atom stereocenters. The molecule has 0 radical (unpaired) electrons. The highest BCUT2D eigenvalue weighted by atomic mass is 16.5. The van der Waals surface area contributed by atoms with E-state index in [2.05, 4.69) is 41.1 Å². The highest BCUT2D eigenvalue weighted by Crippen LogP contribution is 2.31. The normalized spacial score (nSPS) is 22.7. The van der Waals surface area contributed by atoms with E-state index < -0.39 is 6.10 Å². The molecule has 188 valence electrons. The van der Waals surface area contributed by atoms with E-state index in [0.29, 0.717) is 24.4 Å². The molecule has 2 aromatic rings. The first kappa shape index (κ1) is 24.1. The number of likely N-dealkylation sites (tertiary alicyclic amines) is 1. The summed E-state index contributed by atoms with van der Waals surface area (Å²) < 4.78 is 12.3. The van der Waals surface area contributed by atoms with Crippen molar-refractivity contribution in [3.05, 3.63) is 59.2 Å². The monoisotopic (exact) mass is 479 g/mol. The quantitative estimate of drug-likeness (QED) is 0.688. The average molecular weight is 480 g/mol. The number of aliphatic hydroxyl groups is 1. The molecule has 2 atom stereocenters. The molecule has 1 amide bonds. The SMILES string of the molecule is C[C@H]1CN(CC(O)CN2CCc3ccccc3C2)C(=O)c2ccc(OC3CCN(C)CC3)cc2O1. The van der Waals surface area contributed by atoms with Gasteiger partial charge in [0.15, 0.2) is 0 Å². The van der Waals surface area contributed by atoms with Gasteiger partial charge in [-0.15, -0.1) is 0 Å². The molecule has 0 spiro atoms. The molecule has 0 saturated carbocycles. The van der Waals surface area contributed by atoms with E-state index in [-0.39, 0.29) is 24.7 Å². The molecule has 5 rings (SSSR count). The van der Waals surface area contributed by atoms with Gasteiger partial charge < -0.3 is 24.4 Å². The predicted octanol–water partition coefficient (Wildman–Crippen LogP) is 2.80. The van der Waals surface area contributed by atoms with Crippen molar-refractivity contribution in [1.82, 2.24) is 14.7 Å². The molecular weight excluding hydrogens is 442 g/mol. The summed E-state index contributed by atoms with van der Waals surface area (Å²) in [6, 6.07) is 14.0. The number of hydrogen-bond donors (Lipinski definition) is 1. The largest absolute Gasteiger partial charge is 0.490 e. The van der Waals surface area contributed by atoms with Crippen LogP contribution in [0.2, 0.25) is 0 Å². The topological polar surface area (TPSA) is 65.5 Å². The fourth-order valence-corrected chi connectivity index (χ4v) is 5.44. The summed E-state index contributed by atoms with van der Waals surface area (Å²) in [6.07, 6.45) is 2.39. The zero-order valence-electron chi connectivity index (χ0n) is 20.9. The summed E-state index contributed by atoms with van der Waals surface area (Å²) in [5, 5.41) is 10.9. The second-order valence-electron chi connectivity index (χ2n) is 10.3. The van der Waals surface area contributed by atoms with Crippen LogP contribution < -0.4 is 9.47 Å². The lowest BCUT2D eigenvalue weighted by molar-refractivity contribution is 0.0454. The van der Waals surface area contributed by atoms with Crippen molar-refractivity contribution in [2.24, 2.45) is 0 Å².